The maximum Gasteiger partial charge on any atom is 0.340 e. The summed E-state index contributed by atoms with van der Waals surface area (Å²) in [5.74, 6) is -0.0596. The Morgan fingerprint density at radius 2 is 1.84 bits per heavy atom. The van der Waals surface area contributed by atoms with Gasteiger partial charge >= 0.3 is 5.97 Å². The van der Waals surface area contributed by atoms with Crippen LogP contribution >= 0.6 is 0 Å². The fourth-order valence-corrected chi connectivity index (χ4v) is 3.97. The van der Waals surface area contributed by atoms with Crippen LogP contribution in [0.15, 0.2) is 59.6 Å². The molecule has 0 saturated carbocycles. The van der Waals surface area contributed by atoms with Crippen LogP contribution in [0.2, 0.25) is 0 Å². The van der Waals surface area contributed by atoms with E-state index in [1.54, 1.807) is 43.3 Å². The van der Waals surface area contributed by atoms with Crippen molar-refractivity contribution in [3.8, 4) is 5.75 Å². The third-order valence-electron chi connectivity index (χ3n) is 3.77. The first-order valence-corrected chi connectivity index (χ1v) is 9.10. The molecule has 6 nitrogen and oxygen atoms in total. The Labute approximate surface area is 145 Å². The molecular formula is C18H17NO5S. The van der Waals surface area contributed by atoms with Gasteiger partial charge in [-0.25, -0.2) is 17.2 Å². The van der Waals surface area contributed by atoms with Gasteiger partial charge in [0.05, 0.1) is 29.7 Å². The smallest absolute Gasteiger partial charge is 0.340 e. The minimum Gasteiger partial charge on any atom is -0.497 e. The third kappa shape index (κ3) is 2.98. The van der Waals surface area contributed by atoms with Gasteiger partial charge in [-0.15, -0.1) is 0 Å². The van der Waals surface area contributed by atoms with E-state index in [0.717, 1.165) is 3.97 Å². The fraction of sp³-hybridized carbons (Fsp3) is 0.167. The molecule has 0 saturated heterocycles. The summed E-state index contributed by atoms with van der Waals surface area (Å²) in [6.07, 6.45) is 1.30. The second-order valence-electron chi connectivity index (χ2n) is 5.26. The predicted octanol–water partition coefficient (Wildman–Crippen LogP) is 3.06. The van der Waals surface area contributed by atoms with E-state index in [0.29, 0.717) is 16.7 Å². The summed E-state index contributed by atoms with van der Waals surface area (Å²) in [7, 11) is -2.34. The number of nitrogens with zero attached hydrogens (tertiary/aromatic N) is 1. The van der Waals surface area contributed by atoms with Crippen LogP contribution in [0.4, 0.5) is 0 Å². The summed E-state index contributed by atoms with van der Waals surface area (Å²) >= 11 is 0. The van der Waals surface area contributed by atoms with Crippen molar-refractivity contribution in [3.05, 3.63) is 60.3 Å². The standard InChI is InChI=1S/C18H17NO5S/c1-3-24-18(20)16-12-19(17-10-9-13(23-2)11-15(16)17)25(21,22)14-7-5-4-6-8-14/h4-12H,3H2,1-2H3. The second kappa shape index (κ2) is 6.60. The van der Waals surface area contributed by atoms with E-state index in [1.807, 2.05) is 0 Å². The Kier molecular flexibility index (Phi) is 4.50. The van der Waals surface area contributed by atoms with Gasteiger partial charge in [-0.3, -0.25) is 0 Å². The predicted molar refractivity (Wildman–Crippen MR) is 93.5 cm³/mol. The lowest BCUT2D eigenvalue weighted by molar-refractivity contribution is 0.0528. The van der Waals surface area contributed by atoms with E-state index >= 15 is 0 Å². The van der Waals surface area contributed by atoms with Crippen LogP contribution in [0.1, 0.15) is 17.3 Å². The number of carbonyl (C=O) groups is 1. The highest BCUT2D eigenvalue weighted by Crippen LogP contribution is 2.29. The Morgan fingerprint density at radius 1 is 1.12 bits per heavy atom. The Morgan fingerprint density at radius 3 is 2.48 bits per heavy atom. The zero-order chi connectivity index (χ0) is 18.0. The van der Waals surface area contributed by atoms with Crippen LogP contribution in [0, 0.1) is 0 Å². The average molecular weight is 359 g/mol. The number of carbonyl (C=O) groups excluding carboxylic acids is 1. The van der Waals surface area contributed by atoms with Crippen LogP contribution in [0.25, 0.3) is 10.9 Å². The maximum absolute atomic E-state index is 13.0. The van der Waals surface area contributed by atoms with Crippen molar-refractivity contribution in [2.45, 2.75) is 11.8 Å². The van der Waals surface area contributed by atoms with Gasteiger partial charge in [0, 0.05) is 11.6 Å². The highest BCUT2D eigenvalue weighted by atomic mass is 32.2. The molecule has 0 radical (unpaired) electrons. The molecule has 25 heavy (non-hydrogen) atoms. The van der Waals surface area contributed by atoms with Crippen molar-refractivity contribution in [1.82, 2.24) is 3.97 Å². The van der Waals surface area contributed by atoms with Crippen molar-refractivity contribution in [3.63, 3.8) is 0 Å². The molecule has 0 unspecified atom stereocenters. The molecule has 7 heteroatoms. The van der Waals surface area contributed by atoms with E-state index in [2.05, 4.69) is 0 Å². The first-order chi connectivity index (χ1) is 12.0. The number of esters is 1. The number of hydrogen-bond donors (Lipinski definition) is 0. The van der Waals surface area contributed by atoms with E-state index in [1.165, 1.54) is 25.4 Å². The van der Waals surface area contributed by atoms with Crippen LogP contribution < -0.4 is 4.74 Å². The highest BCUT2D eigenvalue weighted by Gasteiger charge is 2.24. The van der Waals surface area contributed by atoms with Crippen molar-refractivity contribution in [2.24, 2.45) is 0 Å². The molecule has 0 aliphatic rings. The molecule has 0 fully saturated rings. The van der Waals surface area contributed by atoms with E-state index in [4.69, 9.17) is 9.47 Å². The molecule has 2 aromatic carbocycles. The summed E-state index contributed by atoms with van der Waals surface area (Å²) in [6, 6.07) is 12.9. The molecule has 3 aromatic rings. The van der Waals surface area contributed by atoms with E-state index in [9.17, 15) is 13.2 Å². The molecule has 0 bridgehead atoms. The quantitative estimate of drug-likeness (QED) is 0.655. The molecule has 3 rings (SSSR count). The van der Waals surface area contributed by atoms with Gasteiger partial charge in [0.2, 0.25) is 0 Å². The number of rotatable bonds is 5. The first-order valence-electron chi connectivity index (χ1n) is 7.66. The maximum atomic E-state index is 13.0. The van der Waals surface area contributed by atoms with Crippen molar-refractivity contribution < 1.29 is 22.7 Å². The van der Waals surface area contributed by atoms with Gasteiger partial charge in [0.15, 0.2) is 0 Å². The number of fused-ring (bicyclic) bond motifs is 1. The van der Waals surface area contributed by atoms with Crippen molar-refractivity contribution in [2.75, 3.05) is 13.7 Å². The number of benzene rings is 2. The van der Waals surface area contributed by atoms with Crippen LogP contribution in [0.5, 0.6) is 5.75 Å². The molecular weight excluding hydrogens is 342 g/mol. The second-order valence-corrected chi connectivity index (χ2v) is 7.08. The van der Waals surface area contributed by atoms with Gasteiger partial charge in [0.25, 0.3) is 10.0 Å². The largest absolute Gasteiger partial charge is 0.497 e. The molecule has 0 spiro atoms. The molecule has 1 aromatic heterocycles. The summed E-state index contributed by atoms with van der Waals surface area (Å²) in [5.41, 5.74) is 0.558. The van der Waals surface area contributed by atoms with Crippen LogP contribution in [-0.4, -0.2) is 32.1 Å². The van der Waals surface area contributed by atoms with Gasteiger partial charge in [0.1, 0.15) is 5.75 Å². The van der Waals surface area contributed by atoms with Gasteiger partial charge in [-0.2, -0.15) is 0 Å². The lowest BCUT2D eigenvalue weighted by atomic mass is 10.1. The Hall–Kier alpha value is -2.80. The summed E-state index contributed by atoms with van der Waals surface area (Å²) in [4.78, 5) is 12.4. The van der Waals surface area contributed by atoms with E-state index < -0.39 is 16.0 Å². The molecule has 130 valence electrons. The molecule has 1 heterocycles. The number of hydrogen-bond acceptors (Lipinski definition) is 5. The minimum absolute atomic E-state index is 0.137. The summed E-state index contributed by atoms with van der Waals surface area (Å²) < 4.78 is 37.3. The van der Waals surface area contributed by atoms with Gasteiger partial charge in [-0.1, -0.05) is 18.2 Å². The normalized spacial score (nSPS) is 11.4. The van der Waals surface area contributed by atoms with E-state index in [-0.39, 0.29) is 17.1 Å². The highest BCUT2D eigenvalue weighted by molar-refractivity contribution is 7.90. The molecule has 0 aliphatic heterocycles. The van der Waals surface area contributed by atoms with Crippen LogP contribution in [0.3, 0.4) is 0 Å². The molecule has 0 aliphatic carbocycles. The van der Waals surface area contributed by atoms with Gasteiger partial charge in [-0.05, 0) is 37.3 Å². The Bertz CT molecular complexity index is 1020. The fourth-order valence-electron chi connectivity index (χ4n) is 2.58. The first kappa shape index (κ1) is 17.0. The summed E-state index contributed by atoms with van der Waals surface area (Å²) in [6.45, 7) is 1.89. The lowest BCUT2D eigenvalue weighted by Crippen LogP contribution is -2.12. The van der Waals surface area contributed by atoms with Crippen molar-refractivity contribution in [1.29, 1.82) is 0 Å². The number of aromatic nitrogens is 1. The SMILES string of the molecule is CCOC(=O)c1cn(S(=O)(=O)c2ccccc2)c2ccc(OC)cc12. The zero-order valence-electron chi connectivity index (χ0n) is 13.8. The number of ether oxygens (including phenoxy) is 2. The number of methoxy groups -OCH3 is 1. The minimum atomic E-state index is -3.84. The monoisotopic (exact) mass is 359 g/mol. The molecule has 0 atom stereocenters. The van der Waals surface area contributed by atoms with Crippen LogP contribution in [-0.2, 0) is 14.8 Å². The average Bonchev–Trinajstić information content (AvgIpc) is 3.02. The summed E-state index contributed by atoms with van der Waals surface area (Å²) in [5, 5.41) is 0.456. The zero-order valence-corrected chi connectivity index (χ0v) is 14.6. The van der Waals surface area contributed by atoms with Crippen molar-refractivity contribution >= 4 is 26.9 Å². The molecule has 0 N–H and O–H groups in total. The third-order valence-corrected chi connectivity index (χ3v) is 5.46. The Balaban J connectivity index is 2.28. The molecule has 0 amide bonds. The lowest BCUT2D eigenvalue weighted by Gasteiger charge is -2.07. The topological polar surface area (TPSA) is 74.6 Å². The van der Waals surface area contributed by atoms with Gasteiger partial charge < -0.3 is 9.47 Å².